The van der Waals surface area contributed by atoms with Crippen molar-refractivity contribution in [2.75, 3.05) is 26.7 Å². The van der Waals surface area contributed by atoms with Crippen molar-refractivity contribution in [3.05, 3.63) is 23.8 Å². The number of ether oxygens (including phenoxy) is 2. The molecule has 1 saturated heterocycles. The zero-order valence-corrected chi connectivity index (χ0v) is 19.9. The summed E-state index contributed by atoms with van der Waals surface area (Å²) < 4.78 is 35.0. The van der Waals surface area contributed by atoms with Crippen LogP contribution in [0.25, 0.3) is 0 Å². The molecule has 1 aliphatic heterocycles. The molecule has 1 heterocycles. The first-order chi connectivity index (χ1) is 13.4. The van der Waals surface area contributed by atoms with Crippen LogP contribution in [-0.4, -0.2) is 56.3 Å². The maximum absolute atomic E-state index is 12.5. The Morgan fingerprint density at radius 2 is 1.93 bits per heavy atom. The smallest absolute Gasteiger partial charge is 0.387 e. The first-order valence-electron chi connectivity index (χ1n) is 9.84. The molecule has 166 valence electrons. The number of rotatable bonds is 8. The summed E-state index contributed by atoms with van der Waals surface area (Å²) in [5.41, 5.74) is 0.891. The molecule has 0 amide bonds. The Hall–Kier alpha value is -1.36. The third kappa shape index (κ3) is 8.49. The van der Waals surface area contributed by atoms with Crippen LogP contribution in [0.3, 0.4) is 0 Å². The van der Waals surface area contributed by atoms with Crippen molar-refractivity contribution < 1.29 is 18.3 Å². The number of alkyl halides is 2. The Kier molecular flexibility index (Phi) is 11.6. The van der Waals surface area contributed by atoms with Gasteiger partial charge in [-0.25, -0.2) is 0 Å². The highest BCUT2D eigenvalue weighted by Crippen LogP contribution is 2.29. The van der Waals surface area contributed by atoms with Crippen LogP contribution in [0.4, 0.5) is 8.78 Å². The van der Waals surface area contributed by atoms with E-state index in [1.54, 1.807) is 26.1 Å². The van der Waals surface area contributed by atoms with Crippen molar-refractivity contribution in [3.8, 4) is 11.5 Å². The second kappa shape index (κ2) is 13.0. The lowest BCUT2D eigenvalue weighted by Gasteiger charge is -2.35. The number of likely N-dealkylation sites (tertiary alicyclic amines) is 1. The molecule has 0 radical (unpaired) electrons. The molecule has 1 aromatic rings. The van der Waals surface area contributed by atoms with E-state index in [0.29, 0.717) is 31.0 Å². The van der Waals surface area contributed by atoms with E-state index in [-0.39, 0.29) is 29.7 Å². The predicted octanol–water partition coefficient (Wildman–Crippen LogP) is 3.84. The Morgan fingerprint density at radius 3 is 2.48 bits per heavy atom. The van der Waals surface area contributed by atoms with Gasteiger partial charge in [0.2, 0.25) is 0 Å². The molecule has 0 aliphatic carbocycles. The lowest BCUT2D eigenvalue weighted by atomic mass is 10.0. The molecule has 1 aromatic carbocycles. The molecule has 29 heavy (non-hydrogen) atoms. The number of hydrogen-bond acceptors (Lipinski definition) is 4. The van der Waals surface area contributed by atoms with Crippen molar-refractivity contribution in [2.24, 2.45) is 4.99 Å². The maximum Gasteiger partial charge on any atom is 0.387 e. The quantitative estimate of drug-likeness (QED) is 0.307. The van der Waals surface area contributed by atoms with E-state index >= 15 is 0 Å². The number of aliphatic imine (C=N–C) groups is 1. The first kappa shape index (κ1) is 25.7. The van der Waals surface area contributed by atoms with E-state index in [4.69, 9.17) is 4.74 Å². The van der Waals surface area contributed by atoms with Gasteiger partial charge in [-0.05, 0) is 51.3 Å². The zero-order chi connectivity index (χ0) is 20.5. The van der Waals surface area contributed by atoms with Gasteiger partial charge in [0.15, 0.2) is 17.5 Å². The van der Waals surface area contributed by atoms with Gasteiger partial charge in [0.25, 0.3) is 0 Å². The van der Waals surface area contributed by atoms with Gasteiger partial charge in [-0.15, -0.1) is 24.0 Å². The van der Waals surface area contributed by atoms with Gasteiger partial charge in [-0.1, -0.05) is 6.07 Å². The molecule has 0 spiro atoms. The highest BCUT2D eigenvalue weighted by molar-refractivity contribution is 14.0. The molecule has 2 N–H and O–H groups in total. The van der Waals surface area contributed by atoms with Gasteiger partial charge >= 0.3 is 6.61 Å². The van der Waals surface area contributed by atoms with Gasteiger partial charge in [-0.3, -0.25) is 4.99 Å². The molecule has 0 saturated carbocycles. The van der Waals surface area contributed by atoms with E-state index in [1.807, 2.05) is 0 Å². The van der Waals surface area contributed by atoms with Gasteiger partial charge in [0, 0.05) is 38.8 Å². The fourth-order valence-electron chi connectivity index (χ4n) is 3.26. The van der Waals surface area contributed by atoms with Crippen LogP contribution in [0.5, 0.6) is 11.5 Å². The van der Waals surface area contributed by atoms with Gasteiger partial charge in [-0.2, -0.15) is 8.78 Å². The maximum atomic E-state index is 12.5. The Labute approximate surface area is 189 Å². The van der Waals surface area contributed by atoms with Crippen molar-refractivity contribution in [1.29, 1.82) is 0 Å². The fraction of sp³-hybridized carbons (Fsp3) is 0.650. The molecule has 6 nitrogen and oxygen atoms in total. The van der Waals surface area contributed by atoms with Crippen LogP contribution in [0.1, 0.15) is 39.2 Å². The number of nitrogens with one attached hydrogen (secondary N) is 2. The van der Waals surface area contributed by atoms with Crippen LogP contribution in [-0.2, 0) is 6.54 Å². The SMILES string of the molecule is CCOc1cc(CNC(=NC)NC2CCN(C(C)C)CC2)ccc1OC(F)F.I. The normalized spacial score (nSPS) is 15.9. The third-order valence-corrected chi connectivity index (χ3v) is 4.81. The van der Waals surface area contributed by atoms with Crippen molar-refractivity contribution in [2.45, 2.75) is 58.9 Å². The van der Waals surface area contributed by atoms with Crippen molar-refractivity contribution in [1.82, 2.24) is 15.5 Å². The van der Waals surface area contributed by atoms with Crippen LogP contribution in [0, 0.1) is 0 Å². The number of benzene rings is 1. The Morgan fingerprint density at radius 1 is 1.24 bits per heavy atom. The minimum atomic E-state index is -2.88. The molecular formula is C20H33F2IN4O2. The van der Waals surface area contributed by atoms with Gasteiger partial charge in [0.05, 0.1) is 6.61 Å². The van der Waals surface area contributed by atoms with E-state index in [0.717, 1.165) is 37.5 Å². The summed E-state index contributed by atoms with van der Waals surface area (Å²) >= 11 is 0. The lowest BCUT2D eigenvalue weighted by molar-refractivity contribution is -0.0514. The summed E-state index contributed by atoms with van der Waals surface area (Å²) in [5, 5.41) is 6.75. The minimum Gasteiger partial charge on any atom is -0.490 e. The number of hydrogen-bond donors (Lipinski definition) is 2. The Bertz CT molecular complexity index is 639. The lowest BCUT2D eigenvalue weighted by Crippen LogP contribution is -2.49. The standard InChI is InChI=1S/C20H32F2N4O2.HI/c1-5-27-18-12-15(6-7-17(18)28-19(21)22)13-24-20(23-4)25-16-8-10-26(11-9-16)14(2)3;/h6-7,12,14,16,19H,5,8-11,13H2,1-4H3,(H2,23,24,25);1H. The molecule has 2 rings (SSSR count). The molecule has 9 heteroatoms. The number of nitrogens with zero attached hydrogens (tertiary/aromatic N) is 2. The zero-order valence-electron chi connectivity index (χ0n) is 17.6. The third-order valence-electron chi connectivity index (χ3n) is 4.81. The van der Waals surface area contributed by atoms with Crippen LogP contribution in [0.15, 0.2) is 23.2 Å². The topological polar surface area (TPSA) is 58.1 Å². The highest BCUT2D eigenvalue weighted by Gasteiger charge is 2.21. The molecule has 0 unspecified atom stereocenters. The molecular weight excluding hydrogens is 493 g/mol. The van der Waals surface area contributed by atoms with E-state index < -0.39 is 6.61 Å². The predicted molar refractivity (Wildman–Crippen MR) is 123 cm³/mol. The average Bonchev–Trinajstić information content (AvgIpc) is 2.67. The molecule has 1 aliphatic rings. The Balaban J connectivity index is 0.00000420. The summed E-state index contributed by atoms with van der Waals surface area (Å²) in [6.45, 7) is 6.39. The second-order valence-electron chi connectivity index (χ2n) is 7.07. The van der Waals surface area contributed by atoms with Crippen LogP contribution in [0.2, 0.25) is 0 Å². The number of halogens is 3. The molecule has 1 fully saturated rings. The monoisotopic (exact) mass is 526 g/mol. The number of guanidine groups is 1. The van der Waals surface area contributed by atoms with E-state index in [2.05, 4.69) is 39.1 Å². The minimum absolute atomic E-state index is 0. The first-order valence-corrected chi connectivity index (χ1v) is 9.84. The van der Waals surface area contributed by atoms with E-state index in [1.165, 1.54) is 6.07 Å². The van der Waals surface area contributed by atoms with Crippen LogP contribution >= 0.6 is 24.0 Å². The fourth-order valence-corrected chi connectivity index (χ4v) is 3.26. The average molecular weight is 526 g/mol. The van der Waals surface area contributed by atoms with Crippen LogP contribution < -0.4 is 20.1 Å². The summed E-state index contributed by atoms with van der Waals surface area (Å²) in [7, 11) is 1.74. The summed E-state index contributed by atoms with van der Waals surface area (Å²) in [6, 6.07) is 5.92. The van der Waals surface area contributed by atoms with Gasteiger partial charge < -0.3 is 25.0 Å². The highest BCUT2D eigenvalue weighted by atomic mass is 127. The summed E-state index contributed by atoms with van der Waals surface area (Å²) in [6.07, 6.45) is 2.15. The number of piperidine rings is 1. The van der Waals surface area contributed by atoms with Crippen molar-refractivity contribution >= 4 is 29.9 Å². The molecule has 0 bridgehead atoms. The summed E-state index contributed by atoms with van der Waals surface area (Å²) in [4.78, 5) is 6.77. The summed E-state index contributed by atoms with van der Waals surface area (Å²) in [5.74, 6) is 1.08. The van der Waals surface area contributed by atoms with Crippen molar-refractivity contribution in [3.63, 3.8) is 0 Å². The largest absolute Gasteiger partial charge is 0.490 e. The van der Waals surface area contributed by atoms with Gasteiger partial charge in [0.1, 0.15) is 0 Å². The molecule has 0 atom stereocenters. The molecule has 0 aromatic heterocycles. The second-order valence-corrected chi connectivity index (χ2v) is 7.07. The van der Waals surface area contributed by atoms with E-state index in [9.17, 15) is 8.78 Å².